The molecule has 106 heavy (non-hydrogen) atoms. The Balaban J connectivity index is 0.000000161. The molecule has 1 aliphatic carbocycles. The predicted molar refractivity (Wildman–Crippen MR) is 420 cm³/mol. The molecule has 0 atom stereocenters. The van der Waals surface area contributed by atoms with Gasteiger partial charge in [-0.15, -0.1) is 34.0 Å². The number of nitrogens with zero attached hydrogens (tertiary/aromatic N) is 12. The van der Waals surface area contributed by atoms with Gasteiger partial charge >= 0.3 is 18.1 Å². The number of hydrogen-bond donors (Lipinski definition) is 8. The van der Waals surface area contributed by atoms with E-state index in [0.29, 0.717) is 57.7 Å². The number of aromatic nitrogens is 12. The van der Waals surface area contributed by atoms with Crippen molar-refractivity contribution in [2.75, 3.05) is 55.7 Å². The molecule has 1 aliphatic heterocycles. The molecule has 9 aromatic heterocycles. The van der Waals surface area contributed by atoms with Gasteiger partial charge in [0.2, 0.25) is 11.8 Å². The van der Waals surface area contributed by atoms with Crippen LogP contribution in [0.4, 0.5) is 58.9 Å². The number of nitrogens with one attached hydrogen (secondary N) is 8. The summed E-state index contributed by atoms with van der Waals surface area (Å²) in [5.41, 5.74) is 9.63. The first-order valence-corrected chi connectivity index (χ1v) is 37.6. The van der Waals surface area contributed by atoms with Gasteiger partial charge < -0.3 is 15.4 Å². The Morgan fingerprint density at radius 2 is 0.925 bits per heavy atom. The van der Waals surface area contributed by atoms with Crippen LogP contribution >= 0.6 is 34.0 Å². The molecule has 11 aromatic rings. The molecule has 10 heterocycles. The van der Waals surface area contributed by atoms with Gasteiger partial charge in [0.05, 0.1) is 47.1 Å². The zero-order chi connectivity index (χ0) is 75.3. The predicted octanol–water partition coefficient (Wildman–Crippen LogP) is 15.9. The lowest BCUT2D eigenvalue weighted by Crippen LogP contribution is -2.44. The van der Waals surface area contributed by atoms with E-state index in [0.717, 1.165) is 117 Å². The Labute approximate surface area is 628 Å². The molecule has 8 amide bonds. The highest BCUT2D eigenvalue weighted by atomic mass is 32.1. The van der Waals surface area contributed by atoms with E-state index in [1.54, 1.807) is 46.5 Å². The average molecular weight is 1490 g/mol. The van der Waals surface area contributed by atoms with Gasteiger partial charge in [0.15, 0.2) is 15.4 Å². The first kappa shape index (κ1) is 76.3. The van der Waals surface area contributed by atoms with E-state index in [1.165, 1.54) is 46.5 Å². The average Bonchev–Trinajstić information content (AvgIpc) is 1.61. The fourth-order valence-electron chi connectivity index (χ4n) is 10.9. The zero-order valence-electron chi connectivity index (χ0n) is 61.6. The van der Waals surface area contributed by atoms with E-state index in [2.05, 4.69) is 126 Å². The number of benzene rings is 2. The largest absolute Gasteiger partial charge is 0.379 e. The third-order valence-corrected chi connectivity index (χ3v) is 20.0. The summed E-state index contributed by atoms with van der Waals surface area (Å²) >= 11 is 4.35. The summed E-state index contributed by atoms with van der Waals surface area (Å²) in [6.45, 7) is 25.5. The number of pyridine rings is 3. The van der Waals surface area contributed by atoms with Gasteiger partial charge in [0, 0.05) is 106 Å². The molecule has 8 N–H and O–H groups in total. The quantitative estimate of drug-likeness (QED) is 0.0313. The second-order valence-electron chi connectivity index (χ2n) is 28.9. The van der Waals surface area contributed by atoms with Crippen LogP contribution < -0.4 is 42.5 Å². The van der Waals surface area contributed by atoms with E-state index >= 15 is 0 Å². The molecule has 2 aromatic carbocycles. The Kier molecular flexibility index (Phi) is 24.4. The molecule has 1 saturated heterocycles. The Morgan fingerprint density at radius 1 is 0.500 bits per heavy atom. The minimum atomic E-state index is -0.394. The van der Waals surface area contributed by atoms with Gasteiger partial charge in [0.1, 0.15) is 29.1 Å². The number of ether oxygens (including phenoxy) is 1. The first-order valence-electron chi connectivity index (χ1n) is 35.1. The molecule has 2 fully saturated rings. The van der Waals surface area contributed by atoms with Crippen molar-refractivity contribution in [3.05, 3.63) is 206 Å². The molecular formula is C77H90N20O6S3. The summed E-state index contributed by atoms with van der Waals surface area (Å²) in [4.78, 5) is 90.3. The topological polar surface area (TPSA) is 322 Å². The fourth-order valence-corrected chi connectivity index (χ4v) is 13.3. The van der Waals surface area contributed by atoms with Crippen molar-refractivity contribution in [2.45, 2.75) is 157 Å². The number of hydrogen-bond acceptors (Lipinski definition) is 18. The number of urea groups is 3. The highest BCUT2D eigenvalue weighted by Crippen LogP contribution is 2.35. The summed E-state index contributed by atoms with van der Waals surface area (Å²) in [5.74, 6) is 2.98. The zero-order valence-corrected chi connectivity index (χ0v) is 64.1. The number of rotatable bonds is 22. The van der Waals surface area contributed by atoms with E-state index in [4.69, 9.17) is 14.9 Å². The molecule has 0 radical (unpaired) electrons. The molecule has 13 rings (SSSR count). The summed E-state index contributed by atoms with van der Waals surface area (Å²) in [6, 6.07) is 32.4. The Morgan fingerprint density at radius 3 is 1.37 bits per heavy atom. The summed E-state index contributed by atoms with van der Waals surface area (Å²) in [5, 5.41) is 38.7. The normalized spacial score (nSPS) is 13.1. The van der Waals surface area contributed by atoms with Crippen molar-refractivity contribution in [1.82, 2.24) is 59.2 Å². The van der Waals surface area contributed by atoms with E-state index in [-0.39, 0.29) is 52.1 Å². The summed E-state index contributed by atoms with van der Waals surface area (Å²) in [7, 11) is 0. The van der Waals surface area contributed by atoms with Gasteiger partial charge in [-0.2, -0.15) is 15.3 Å². The molecule has 552 valence electrons. The molecule has 0 unspecified atom stereocenters. The minimum Gasteiger partial charge on any atom is -0.379 e. The highest BCUT2D eigenvalue weighted by Gasteiger charge is 2.39. The number of carbonyl (C=O) groups excluding carboxylic acids is 5. The maximum atomic E-state index is 12.9. The second kappa shape index (κ2) is 33.9. The number of thiazole rings is 3. The van der Waals surface area contributed by atoms with Crippen LogP contribution in [0.3, 0.4) is 0 Å². The van der Waals surface area contributed by atoms with E-state index in [1.807, 2.05) is 142 Å². The number of carbonyl (C=O) groups is 5. The van der Waals surface area contributed by atoms with Crippen molar-refractivity contribution < 1.29 is 28.7 Å². The third kappa shape index (κ3) is 21.4. The van der Waals surface area contributed by atoms with Crippen LogP contribution in [-0.4, -0.2) is 102 Å². The molecule has 2 aliphatic rings. The monoisotopic (exact) mass is 1490 g/mol. The van der Waals surface area contributed by atoms with Crippen molar-refractivity contribution in [3.63, 3.8) is 0 Å². The van der Waals surface area contributed by atoms with E-state index < -0.39 is 6.03 Å². The van der Waals surface area contributed by atoms with Crippen molar-refractivity contribution >= 4 is 108 Å². The Bertz CT molecular complexity index is 4840. The smallest absolute Gasteiger partial charge is 0.326 e. The standard InChI is InChI=1S/C29H33N7O2S.C27H29N7O3S.C21H28N6OS/c1-18-5-10-21(11-6-18)36-25(16-23(35-36)29(2,3)4)33-27(38)34-28-31-17-22(39-28)12-7-19-13-14-30-24(15-19)32-26(37)20-8-9-20;1-17-4-7-20(8-5-17)34-24(13-22(33-34)27(3)15-37-16-27)31-25(36)32-26-29-14-21(38-26)9-6-19-10-11-28-23(12-19)30-18(2)35;1-14(2)27-18(12-17(26-27)21(3,4)5)24-19(28)25-20-23-13-16(29-20)7-6-15-8-10-22-11-9-15/h5-6,10-11,13-17,20H,7-9,12H2,1-4H3,(H,30,32,37)(H2,31,33,34,38);4-5,7-8,10-14H,6,9,15-16H2,1-3H3,(H,28,30,35)(H2,29,31,32,36);8-14H,6-7H2,1-5H3,(H2,23,24,25,28). The minimum absolute atomic E-state index is 0.0487. The van der Waals surface area contributed by atoms with E-state index in [9.17, 15) is 24.0 Å². The maximum absolute atomic E-state index is 12.9. The van der Waals surface area contributed by atoms with Crippen molar-refractivity contribution in [3.8, 4) is 11.4 Å². The Hall–Kier alpha value is -10.9. The lowest BCUT2D eigenvalue weighted by molar-refractivity contribution is -0.117. The summed E-state index contributed by atoms with van der Waals surface area (Å²) in [6.07, 6.45) is 19.1. The van der Waals surface area contributed by atoms with Crippen molar-refractivity contribution in [2.24, 2.45) is 5.92 Å². The molecular weight excluding hydrogens is 1400 g/mol. The molecule has 0 bridgehead atoms. The van der Waals surface area contributed by atoms with Crippen LogP contribution in [-0.2, 0) is 69.1 Å². The third-order valence-electron chi connectivity index (χ3n) is 17.1. The van der Waals surface area contributed by atoms with Gasteiger partial charge in [-0.3, -0.25) is 46.5 Å². The molecule has 26 nitrogen and oxygen atoms in total. The van der Waals surface area contributed by atoms with Crippen LogP contribution in [0.25, 0.3) is 11.4 Å². The molecule has 29 heteroatoms. The van der Waals surface area contributed by atoms with Crippen molar-refractivity contribution in [1.29, 1.82) is 0 Å². The van der Waals surface area contributed by atoms with Crippen LogP contribution in [0.15, 0.2) is 147 Å². The molecule has 0 spiro atoms. The van der Waals surface area contributed by atoms with Gasteiger partial charge in [-0.05, 0) is 163 Å². The second-order valence-corrected chi connectivity index (χ2v) is 32.2. The SMILES string of the molecule is CC(=O)Nc1cc(CCc2cnc(NC(=O)Nc3cc(C4(C)COC4)nn3-c3ccc(C)cc3)s2)ccn1.CC(C)n1nc(C(C)(C)C)cc1NC(=O)Nc1ncc(CCc2ccncc2)s1.Cc1ccc(-n2nc(C(C)(C)C)cc2NC(=O)Nc2ncc(CCc3ccnc(NC(=O)C4CC4)c3)s2)cc1. The van der Waals surface area contributed by atoms with Crippen LogP contribution in [0.2, 0.25) is 0 Å². The summed E-state index contributed by atoms with van der Waals surface area (Å²) < 4.78 is 10.8. The van der Waals surface area contributed by atoms with Gasteiger partial charge in [-0.25, -0.2) is 53.3 Å². The number of aryl methyl sites for hydroxylation is 8. The fraction of sp³-hybridized carbons (Fsp3) is 0.351. The van der Waals surface area contributed by atoms with Gasteiger partial charge in [0.25, 0.3) is 0 Å². The van der Waals surface area contributed by atoms with Gasteiger partial charge in [-0.1, -0.05) is 76.9 Å². The number of amides is 8. The molecule has 1 saturated carbocycles. The first-order chi connectivity index (χ1) is 50.6. The lowest BCUT2D eigenvalue weighted by atomic mass is 9.85. The highest BCUT2D eigenvalue weighted by molar-refractivity contribution is 7.16. The lowest BCUT2D eigenvalue weighted by Gasteiger charge is -2.36. The maximum Gasteiger partial charge on any atom is 0.326 e. The number of anilines is 8. The van der Waals surface area contributed by atoms with Crippen LogP contribution in [0.5, 0.6) is 0 Å². The van der Waals surface area contributed by atoms with Crippen LogP contribution in [0, 0.1) is 19.8 Å². The van der Waals surface area contributed by atoms with Crippen LogP contribution in [0.1, 0.15) is 148 Å².